The van der Waals surface area contributed by atoms with Gasteiger partial charge in [-0.15, -0.1) is 11.6 Å². The minimum absolute atomic E-state index is 0.256. The molecule has 0 aliphatic rings. The van der Waals surface area contributed by atoms with Gasteiger partial charge < -0.3 is 4.74 Å². The van der Waals surface area contributed by atoms with E-state index < -0.39 is 9.84 Å². The topological polar surface area (TPSA) is 43.4 Å². The van der Waals surface area contributed by atoms with Crippen LogP contribution in [0.1, 0.15) is 0 Å². The summed E-state index contributed by atoms with van der Waals surface area (Å²) < 4.78 is 27.9. The number of allylic oxidation sites excluding steroid dienone is 1. The Balaban J connectivity index is 2.72. The van der Waals surface area contributed by atoms with Gasteiger partial charge in [-0.2, -0.15) is 0 Å². The largest absolute Gasteiger partial charge is 0.490 e. The number of hydrogen-bond acceptors (Lipinski definition) is 3. The quantitative estimate of drug-likeness (QED) is 0.603. The summed E-state index contributed by atoms with van der Waals surface area (Å²) in [7, 11) is -3.18. The molecular weight excluding hydrogens is 248 g/mol. The van der Waals surface area contributed by atoms with E-state index in [1.54, 1.807) is 24.3 Å². The van der Waals surface area contributed by atoms with Gasteiger partial charge in [-0.1, -0.05) is 18.2 Å². The first kappa shape index (κ1) is 13.1. The van der Waals surface area contributed by atoms with Crippen molar-refractivity contribution in [1.29, 1.82) is 0 Å². The van der Waals surface area contributed by atoms with Crippen LogP contribution in [0.3, 0.4) is 0 Å². The van der Waals surface area contributed by atoms with Gasteiger partial charge >= 0.3 is 0 Å². The molecule has 0 amide bonds. The van der Waals surface area contributed by atoms with Crippen molar-refractivity contribution in [3.05, 3.63) is 36.4 Å². The van der Waals surface area contributed by atoms with Crippen LogP contribution in [0.2, 0.25) is 0 Å². The lowest BCUT2D eigenvalue weighted by atomic mass is 10.3. The third-order valence-corrected chi connectivity index (χ3v) is 3.12. The van der Waals surface area contributed by atoms with E-state index in [4.69, 9.17) is 16.3 Å². The van der Waals surface area contributed by atoms with Gasteiger partial charge in [-0.3, -0.25) is 0 Å². The molecule has 0 atom stereocenters. The average Bonchev–Trinajstić information content (AvgIpc) is 2.24. The maximum Gasteiger partial charge on any atom is 0.175 e. The van der Waals surface area contributed by atoms with Crippen molar-refractivity contribution in [2.45, 2.75) is 4.90 Å². The highest BCUT2D eigenvalue weighted by molar-refractivity contribution is 7.90. The standard InChI is InChI=1S/C11H13ClO3S/c1-16(13,14)11-6-4-5-10(9-11)15-8-3-2-7-12/h2-6,9H,7-8H2,1H3. The number of rotatable bonds is 5. The zero-order chi connectivity index (χ0) is 12.0. The third-order valence-electron chi connectivity index (χ3n) is 1.84. The molecule has 0 bridgehead atoms. The molecule has 1 rings (SSSR count). The van der Waals surface area contributed by atoms with Gasteiger partial charge in [0, 0.05) is 12.1 Å². The Labute approximate surface area is 101 Å². The molecule has 0 aliphatic heterocycles. The summed E-state index contributed by atoms with van der Waals surface area (Å²) in [5, 5.41) is 0. The molecule has 0 unspecified atom stereocenters. The summed E-state index contributed by atoms with van der Waals surface area (Å²) in [5.41, 5.74) is 0. The molecule has 5 heteroatoms. The van der Waals surface area contributed by atoms with Crippen LogP contribution < -0.4 is 4.74 Å². The molecule has 0 heterocycles. The van der Waals surface area contributed by atoms with Crippen molar-refractivity contribution >= 4 is 21.4 Å². The van der Waals surface area contributed by atoms with Gasteiger partial charge in [0.15, 0.2) is 9.84 Å². The molecule has 0 saturated heterocycles. The van der Waals surface area contributed by atoms with Crippen LogP contribution in [0.15, 0.2) is 41.3 Å². The van der Waals surface area contributed by atoms with E-state index in [1.165, 1.54) is 18.4 Å². The number of benzene rings is 1. The molecule has 0 aromatic heterocycles. The van der Waals surface area contributed by atoms with Crippen molar-refractivity contribution in [2.75, 3.05) is 18.7 Å². The second-order valence-electron chi connectivity index (χ2n) is 3.18. The van der Waals surface area contributed by atoms with Crippen LogP contribution >= 0.6 is 11.6 Å². The number of alkyl halides is 1. The van der Waals surface area contributed by atoms with Crippen LogP contribution in [0, 0.1) is 0 Å². The molecule has 0 spiro atoms. The lowest BCUT2D eigenvalue weighted by Crippen LogP contribution is -1.99. The molecule has 3 nitrogen and oxygen atoms in total. The van der Waals surface area contributed by atoms with E-state index in [2.05, 4.69) is 0 Å². The monoisotopic (exact) mass is 260 g/mol. The van der Waals surface area contributed by atoms with Crippen molar-refractivity contribution < 1.29 is 13.2 Å². The van der Waals surface area contributed by atoms with E-state index in [0.717, 1.165) is 0 Å². The summed E-state index contributed by atoms with van der Waals surface area (Å²) in [6.07, 6.45) is 4.71. The molecule has 0 N–H and O–H groups in total. The fourth-order valence-corrected chi connectivity index (χ4v) is 1.85. The Bertz CT molecular complexity index is 466. The predicted octanol–water partition coefficient (Wildman–Crippen LogP) is 2.26. The van der Waals surface area contributed by atoms with Gasteiger partial charge in [-0.25, -0.2) is 8.42 Å². The lowest BCUT2D eigenvalue weighted by Gasteiger charge is -2.04. The minimum atomic E-state index is -3.18. The molecule has 1 aromatic carbocycles. The summed E-state index contributed by atoms with van der Waals surface area (Å²) in [6, 6.07) is 6.40. The summed E-state index contributed by atoms with van der Waals surface area (Å²) >= 11 is 5.45. The molecule has 0 saturated carbocycles. The third kappa shape index (κ3) is 4.24. The zero-order valence-corrected chi connectivity index (χ0v) is 10.5. The van der Waals surface area contributed by atoms with Crippen molar-refractivity contribution in [3.63, 3.8) is 0 Å². The summed E-state index contributed by atoms with van der Waals surface area (Å²) in [5.74, 6) is 0.967. The fraction of sp³-hybridized carbons (Fsp3) is 0.273. The molecule has 1 aromatic rings. The molecule has 16 heavy (non-hydrogen) atoms. The fourth-order valence-electron chi connectivity index (χ4n) is 1.07. The first-order valence-corrected chi connectivity index (χ1v) is 7.10. The Morgan fingerprint density at radius 1 is 1.38 bits per heavy atom. The Morgan fingerprint density at radius 3 is 2.75 bits per heavy atom. The second kappa shape index (κ2) is 5.92. The van der Waals surface area contributed by atoms with Crippen LogP contribution in [-0.2, 0) is 9.84 Å². The first-order chi connectivity index (χ1) is 7.54. The highest BCUT2D eigenvalue weighted by atomic mass is 35.5. The van der Waals surface area contributed by atoms with Gasteiger partial charge in [0.05, 0.1) is 4.90 Å². The van der Waals surface area contributed by atoms with Crippen LogP contribution in [0.25, 0.3) is 0 Å². The Hall–Kier alpha value is -1.00. The van der Waals surface area contributed by atoms with Crippen LogP contribution in [0.5, 0.6) is 5.75 Å². The molecular formula is C11H13ClO3S. The maximum atomic E-state index is 11.3. The number of ether oxygens (including phenoxy) is 1. The van der Waals surface area contributed by atoms with Crippen LogP contribution in [0.4, 0.5) is 0 Å². The SMILES string of the molecule is CS(=O)(=O)c1cccc(OCC=CCCl)c1. The molecule has 0 fully saturated rings. The van der Waals surface area contributed by atoms with Crippen molar-refractivity contribution in [1.82, 2.24) is 0 Å². The molecule has 0 radical (unpaired) electrons. The van der Waals surface area contributed by atoms with E-state index >= 15 is 0 Å². The lowest BCUT2D eigenvalue weighted by molar-refractivity contribution is 0.361. The van der Waals surface area contributed by atoms with Gasteiger partial charge in [-0.05, 0) is 18.2 Å². The Kier molecular flexibility index (Phi) is 4.83. The van der Waals surface area contributed by atoms with Crippen molar-refractivity contribution in [2.24, 2.45) is 0 Å². The van der Waals surface area contributed by atoms with E-state index in [-0.39, 0.29) is 4.90 Å². The molecule has 0 aliphatic carbocycles. The number of sulfone groups is 1. The van der Waals surface area contributed by atoms with Gasteiger partial charge in [0.1, 0.15) is 12.4 Å². The number of halogens is 1. The van der Waals surface area contributed by atoms with Gasteiger partial charge in [0.2, 0.25) is 0 Å². The number of hydrogen-bond donors (Lipinski definition) is 0. The first-order valence-electron chi connectivity index (χ1n) is 4.68. The zero-order valence-electron chi connectivity index (χ0n) is 8.89. The second-order valence-corrected chi connectivity index (χ2v) is 5.51. The van der Waals surface area contributed by atoms with Crippen LogP contribution in [-0.4, -0.2) is 27.2 Å². The van der Waals surface area contributed by atoms with E-state index in [1.807, 2.05) is 0 Å². The Morgan fingerprint density at radius 2 is 2.12 bits per heavy atom. The minimum Gasteiger partial charge on any atom is -0.490 e. The van der Waals surface area contributed by atoms with E-state index in [9.17, 15) is 8.42 Å². The van der Waals surface area contributed by atoms with E-state index in [0.29, 0.717) is 18.2 Å². The summed E-state index contributed by atoms with van der Waals surface area (Å²) in [6.45, 7) is 0.375. The highest BCUT2D eigenvalue weighted by Gasteiger charge is 2.07. The average molecular weight is 261 g/mol. The smallest absolute Gasteiger partial charge is 0.175 e. The highest BCUT2D eigenvalue weighted by Crippen LogP contribution is 2.17. The maximum absolute atomic E-state index is 11.3. The summed E-state index contributed by atoms with van der Waals surface area (Å²) in [4.78, 5) is 0.256. The van der Waals surface area contributed by atoms with Crippen molar-refractivity contribution in [3.8, 4) is 5.75 Å². The molecule has 88 valence electrons. The normalized spacial score (nSPS) is 11.9. The predicted molar refractivity (Wildman–Crippen MR) is 64.9 cm³/mol. The van der Waals surface area contributed by atoms with Gasteiger partial charge in [0.25, 0.3) is 0 Å².